The van der Waals surface area contributed by atoms with Gasteiger partial charge in [0.25, 0.3) is 0 Å². The monoisotopic (exact) mass is 496 g/mol. The summed E-state index contributed by atoms with van der Waals surface area (Å²) in [5.74, 6) is 1.76. The van der Waals surface area contributed by atoms with E-state index in [2.05, 4.69) is 25.5 Å². The second-order valence-corrected chi connectivity index (χ2v) is 10.9. The second-order valence-electron chi connectivity index (χ2n) is 9.90. The Morgan fingerprint density at radius 3 is 2.63 bits per heavy atom. The first kappa shape index (κ1) is 22.5. The van der Waals surface area contributed by atoms with Crippen molar-refractivity contribution < 1.29 is 13.6 Å². The molecular weight excluding hydrogens is 470 g/mol. The number of aromatic amines is 1. The van der Waals surface area contributed by atoms with Crippen molar-refractivity contribution in [2.45, 2.75) is 54.7 Å². The Balaban J connectivity index is 1.23. The number of aryl methyl sites for hydroxylation is 1. The van der Waals surface area contributed by atoms with Gasteiger partial charge in [0.1, 0.15) is 28.9 Å². The van der Waals surface area contributed by atoms with E-state index in [9.17, 15) is 13.6 Å². The number of rotatable bonds is 9. The molecule has 2 saturated carbocycles. The SMILES string of the molecule is Cc1cc(Nc2cc(N3CC(F)(C4CC4)C3)nc(Sc3ccc(CC(=O)C4CC4)cc3F)n2)n[nH]1. The van der Waals surface area contributed by atoms with Crippen LogP contribution in [0, 0.1) is 24.6 Å². The Bertz CT molecular complexity index is 1280. The third-order valence-corrected chi connectivity index (χ3v) is 7.72. The number of hydrogen-bond acceptors (Lipinski definition) is 7. The molecule has 182 valence electrons. The third-order valence-electron chi connectivity index (χ3n) is 6.80. The van der Waals surface area contributed by atoms with Crippen molar-refractivity contribution in [3.05, 3.63) is 47.4 Å². The lowest BCUT2D eigenvalue weighted by molar-refractivity contribution is -0.119. The fourth-order valence-electron chi connectivity index (χ4n) is 4.49. The van der Waals surface area contributed by atoms with Crippen LogP contribution in [0.25, 0.3) is 0 Å². The predicted octanol–water partition coefficient (Wildman–Crippen LogP) is 5.00. The van der Waals surface area contributed by atoms with Crippen molar-refractivity contribution in [1.82, 2.24) is 20.2 Å². The van der Waals surface area contributed by atoms with E-state index in [0.29, 0.717) is 46.2 Å². The number of aromatic nitrogens is 4. The van der Waals surface area contributed by atoms with E-state index in [4.69, 9.17) is 0 Å². The molecule has 0 bridgehead atoms. The molecule has 35 heavy (non-hydrogen) atoms. The lowest BCUT2D eigenvalue weighted by atomic mass is 9.91. The van der Waals surface area contributed by atoms with Crippen LogP contribution >= 0.6 is 11.8 Å². The lowest BCUT2D eigenvalue weighted by Gasteiger charge is -2.45. The lowest BCUT2D eigenvalue weighted by Crippen LogP contribution is -2.60. The van der Waals surface area contributed by atoms with Gasteiger partial charge in [0.05, 0.1) is 18.0 Å². The molecule has 2 aliphatic carbocycles. The van der Waals surface area contributed by atoms with Gasteiger partial charge >= 0.3 is 0 Å². The summed E-state index contributed by atoms with van der Waals surface area (Å²) in [6.45, 7) is 2.50. The first-order valence-corrected chi connectivity index (χ1v) is 12.8. The Hall–Kier alpha value is -3.01. The fraction of sp³-hybridized carbons (Fsp3) is 0.440. The molecule has 1 saturated heterocycles. The maximum atomic E-state index is 15.0. The largest absolute Gasteiger partial charge is 0.350 e. The van der Waals surface area contributed by atoms with Gasteiger partial charge in [0.2, 0.25) is 0 Å². The average Bonchev–Trinajstić information content (AvgIpc) is 3.71. The highest BCUT2D eigenvalue weighted by atomic mass is 32.2. The molecule has 7 nitrogen and oxygen atoms in total. The molecule has 0 atom stereocenters. The van der Waals surface area contributed by atoms with Gasteiger partial charge < -0.3 is 10.2 Å². The molecule has 10 heteroatoms. The van der Waals surface area contributed by atoms with Gasteiger partial charge in [-0.15, -0.1) is 0 Å². The molecule has 1 aromatic carbocycles. The first-order chi connectivity index (χ1) is 16.8. The minimum Gasteiger partial charge on any atom is -0.350 e. The summed E-state index contributed by atoms with van der Waals surface area (Å²) < 4.78 is 29.9. The van der Waals surface area contributed by atoms with Gasteiger partial charge in [-0.05, 0) is 68.0 Å². The van der Waals surface area contributed by atoms with E-state index in [0.717, 1.165) is 43.1 Å². The topological polar surface area (TPSA) is 86.8 Å². The van der Waals surface area contributed by atoms with E-state index in [-0.39, 0.29) is 24.0 Å². The van der Waals surface area contributed by atoms with Crippen LogP contribution in [-0.2, 0) is 11.2 Å². The highest BCUT2D eigenvalue weighted by Gasteiger charge is 2.54. The maximum absolute atomic E-state index is 15.0. The quantitative estimate of drug-likeness (QED) is 0.403. The van der Waals surface area contributed by atoms with E-state index >= 15 is 0 Å². The number of nitrogens with one attached hydrogen (secondary N) is 2. The zero-order valence-corrected chi connectivity index (χ0v) is 20.2. The smallest absolute Gasteiger partial charge is 0.196 e. The Morgan fingerprint density at radius 2 is 1.97 bits per heavy atom. The number of hydrogen-bond donors (Lipinski definition) is 2. The van der Waals surface area contributed by atoms with Crippen molar-refractivity contribution in [3.8, 4) is 0 Å². The van der Waals surface area contributed by atoms with Crippen molar-refractivity contribution in [2.75, 3.05) is 23.3 Å². The molecule has 3 aliphatic rings. The zero-order valence-electron chi connectivity index (χ0n) is 19.4. The number of nitrogens with zero attached hydrogens (tertiary/aromatic N) is 4. The van der Waals surface area contributed by atoms with E-state index in [1.54, 1.807) is 18.2 Å². The molecule has 6 rings (SSSR count). The number of anilines is 3. The van der Waals surface area contributed by atoms with Gasteiger partial charge in [0.15, 0.2) is 11.0 Å². The zero-order chi connectivity index (χ0) is 24.2. The van der Waals surface area contributed by atoms with Crippen molar-refractivity contribution in [1.29, 1.82) is 0 Å². The van der Waals surface area contributed by atoms with Gasteiger partial charge in [-0.1, -0.05) is 6.07 Å². The van der Waals surface area contributed by atoms with Crippen molar-refractivity contribution in [3.63, 3.8) is 0 Å². The van der Waals surface area contributed by atoms with Gasteiger partial charge in [-0.3, -0.25) is 9.89 Å². The number of Topliss-reactive ketones (excluding diaryl/α,β-unsaturated/α-hetero) is 1. The molecule has 3 aromatic rings. The summed E-state index contributed by atoms with van der Waals surface area (Å²) >= 11 is 1.10. The van der Waals surface area contributed by atoms with Gasteiger partial charge in [-0.25, -0.2) is 18.7 Å². The number of alkyl halides is 1. The van der Waals surface area contributed by atoms with E-state index in [1.165, 1.54) is 6.07 Å². The van der Waals surface area contributed by atoms with E-state index < -0.39 is 11.5 Å². The van der Waals surface area contributed by atoms with Gasteiger partial charge in [0, 0.05) is 30.2 Å². The number of carbonyl (C=O) groups is 1. The molecule has 0 unspecified atom stereocenters. The summed E-state index contributed by atoms with van der Waals surface area (Å²) in [4.78, 5) is 23.5. The highest BCUT2D eigenvalue weighted by Crippen LogP contribution is 2.48. The minimum atomic E-state index is -1.15. The van der Waals surface area contributed by atoms with Crippen LogP contribution in [0.5, 0.6) is 0 Å². The van der Waals surface area contributed by atoms with Crippen LogP contribution in [0.4, 0.5) is 26.2 Å². The third kappa shape index (κ3) is 4.89. The van der Waals surface area contributed by atoms with Crippen LogP contribution in [0.2, 0.25) is 0 Å². The molecule has 3 fully saturated rings. The number of halogens is 2. The Morgan fingerprint density at radius 1 is 1.17 bits per heavy atom. The normalized spacial score (nSPS) is 18.9. The average molecular weight is 497 g/mol. The molecule has 1 aliphatic heterocycles. The number of H-pyrrole nitrogens is 1. The second kappa shape index (κ2) is 8.58. The summed E-state index contributed by atoms with van der Waals surface area (Å²) in [6, 6.07) is 8.48. The number of ketones is 1. The fourth-order valence-corrected chi connectivity index (χ4v) is 5.27. The maximum Gasteiger partial charge on any atom is 0.196 e. The Labute approximate surface area is 206 Å². The predicted molar refractivity (Wildman–Crippen MR) is 129 cm³/mol. The van der Waals surface area contributed by atoms with E-state index in [1.807, 2.05) is 17.9 Å². The van der Waals surface area contributed by atoms with Crippen LogP contribution < -0.4 is 10.2 Å². The van der Waals surface area contributed by atoms with Crippen molar-refractivity contribution in [2.24, 2.45) is 11.8 Å². The van der Waals surface area contributed by atoms with Crippen LogP contribution in [0.1, 0.15) is 36.9 Å². The molecule has 2 N–H and O–H groups in total. The standard InChI is InChI=1S/C25H26F2N6OS/c1-14-8-22(32-31-14)28-21-11-23(33-12-25(27,13-33)17-5-6-17)30-24(29-21)35-20-7-2-15(9-18(20)26)10-19(34)16-3-4-16/h2,7-9,11,16-17H,3-6,10,12-13H2,1H3,(H2,28,29,30,31,32). The molecule has 0 radical (unpaired) electrons. The van der Waals surface area contributed by atoms with Crippen molar-refractivity contribution >= 4 is 35.0 Å². The minimum absolute atomic E-state index is 0.150. The van der Waals surface area contributed by atoms with Crippen LogP contribution in [0.3, 0.4) is 0 Å². The summed E-state index contributed by atoms with van der Waals surface area (Å²) in [5.41, 5.74) is 0.424. The number of carbonyl (C=O) groups excluding carboxylic acids is 1. The first-order valence-electron chi connectivity index (χ1n) is 12.0. The molecule has 2 aromatic heterocycles. The van der Waals surface area contributed by atoms with Crippen LogP contribution in [0.15, 0.2) is 40.4 Å². The molecule has 0 spiro atoms. The van der Waals surface area contributed by atoms with Crippen LogP contribution in [-0.4, -0.2) is 44.7 Å². The molecular formula is C25H26F2N6OS. The molecule has 0 amide bonds. The number of benzene rings is 1. The summed E-state index contributed by atoms with van der Waals surface area (Å²) in [5, 5.41) is 10.6. The van der Waals surface area contributed by atoms with Gasteiger partial charge in [-0.2, -0.15) is 5.10 Å². The summed E-state index contributed by atoms with van der Waals surface area (Å²) in [6.07, 6.45) is 4.04. The molecule has 3 heterocycles. The highest BCUT2D eigenvalue weighted by molar-refractivity contribution is 7.99. The Kier molecular flexibility index (Phi) is 5.51. The summed E-state index contributed by atoms with van der Waals surface area (Å²) in [7, 11) is 0.